The molecule has 3 nitrogen and oxygen atoms in total. The first-order chi connectivity index (χ1) is 9.22. The summed E-state index contributed by atoms with van der Waals surface area (Å²) in [6.07, 6.45) is 2.80. The van der Waals surface area contributed by atoms with E-state index in [0.29, 0.717) is 0 Å². The van der Waals surface area contributed by atoms with Gasteiger partial charge in [0.05, 0.1) is 11.9 Å². The van der Waals surface area contributed by atoms with Crippen LogP contribution < -0.4 is 10.1 Å². The van der Waals surface area contributed by atoms with E-state index in [1.54, 1.807) is 6.20 Å². The Hall–Kier alpha value is -1.87. The molecule has 1 aromatic heterocycles. The molecule has 19 heavy (non-hydrogen) atoms. The van der Waals surface area contributed by atoms with Gasteiger partial charge in [-0.1, -0.05) is 19.1 Å². The number of benzene rings is 1. The molecule has 1 N–H and O–H groups in total. The third-order valence-corrected chi connectivity index (χ3v) is 3.20. The van der Waals surface area contributed by atoms with Gasteiger partial charge in [0, 0.05) is 6.04 Å². The van der Waals surface area contributed by atoms with Gasteiger partial charge in [-0.15, -0.1) is 0 Å². The molecule has 2 rings (SSSR count). The minimum Gasteiger partial charge on any atom is -0.456 e. The molecule has 0 saturated carbocycles. The van der Waals surface area contributed by atoms with Gasteiger partial charge < -0.3 is 10.1 Å². The van der Waals surface area contributed by atoms with Gasteiger partial charge in [-0.3, -0.25) is 4.98 Å². The lowest BCUT2D eigenvalue weighted by Crippen LogP contribution is -2.13. The first-order valence-corrected chi connectivity index (χ1v) is 6.63. The van der Waals surface area contributed by atoms with Gasteiger partial charge in [0.1, 0.15) is 11.5 Å². The maximum absolute atomic E-state index is 5.76. The molecular weight excluding hydrogens is 236 g/mol. The number of hydrogen-bond donors (Lipinski definition) is 1. The number of aryl methyl sites for hydroxylation is 1. The summed E-state index contributed by atoms with van der Waals surface area (Å²) in [5.74, 6) is 1.60. The molecule has 0 aliphatic heterocycles. The van der Waals surface area contributed by atoms with Crippen LogP contribution in [0.1, 0.15) is 31.1 Å². The second-order valence-corrected chi connectivity index (χ2v) is 4.53. The van der Waals surface area contributed by atoms with Crippen molar-refractivity contribution in [2.75, 3.05) is 7.05 Å². The van der Waals surface area contributed by atoms with E-state index in [-0.39, 0.29) is 6.04 Å². The molecule has 0 bridgehead atoms. The fraction of sp³-hybridized carbons (Fsp3) is 0.312. The summed E-state index contributed by atoms with van der Waals surface area (Å²) in [6.45, 7) is 4.22. The Balaban J connectivity index is 2.06. The molecule has 100 valence electrons. The van der Waals surface area contributed by atoms with Crippen molar-refractivity contribution in [2.45, 2.75) is 26.3 Å². The summed E-state index contributed by atoms with van der Waals surface area (Å²) in [5.41, 5.74) is 2.32. The Morgan fingerprint density at radius 1 is 1.11 bits per heavy atom. The molecule has 0 fully saturated rings. The van der Waals surface area contributed by atoms with Crippen LogP contribution in [0.25, 0.3) is 0 Å². The summed E-state index contributed by atoms with van der Waals surface area (Å²) < 4.78 is 5.76. The lowest BCUT2D eigenvalue weighted by Gasteiger charge is -2.10. The maximum atomic E-state index is 5.76. The summed E-state index contributed by atoms with van der Waals surface area (Å²) in [7, 11) is 1.92. The smallest absolute Gasteiger partial charge is 0.145 e. The van der Waals surface area contributed by atoms with Crippen LogP contribution in [0.3, 0.4) is 0 Å². The van der Waals surface area contributed by atoms with Crippen molar-refractivity contribution in [3.8, 4) is 11.5 Å². The SMILES string of the molecule is CCc1ccc(Oc2ccc(C(C)NC)nc2)cc1. The maximum Gasteiger partial charge on any atom is 0.145 e. The number of aromatic nitrogens is 1. The zero-order valence-corrected chi connectivity index (χ0v) is 11.7. The van der Waals surface area contributed by atoms with Crippen molar-refractivity contribution in [3.63, 3.8) is 0 Å². The lowest BCUT2D eigenvalue weighted by atomic mass is 10.2. The molecule has 1 unspecified atom stereocenters. The topological polar surface area (TPSA) is 34.1 Å². The monoisotopic (exact) mass is 256 g/mol. The number of pyridine rings is 1. The lowest BCUT2D eigenvalue weighted by molar-refractivity contribution is 0.478. The third kappa shape index (κ3) is 3.55. The molecule has 0 aliphatic rings. The predicted octanol–water partition coefficient (Wildman–Crippen LogP) is 3.72. The number of nitrogens with one attached hydrogen (secondary N) is 1. The van der Waals surface area contributed by atoms with Gasteiger partial charge >= 0.3 is 0 Å². The van der Waals surface area contributed by atoms with E-state index in [1.165, 1.54) is 5.56 Å². The number of rotatable bonds is 5. The minimum atomic E-state index is 0.248. The Kier molecular flexibility index (Phi) is 4.53. The third-order valence-electron chi connectivity index (χ3n) is 3.20. The molecular formula is C16H20N2O. The van der Waals surface area contributed by atoms with Crippen LogP contribution in [-0.4, -0.2) is 12.0 Å². The van der Waals surface area contributed by atoms with Crippen molar-refractivity contribution in [3.05, 3.63) is 53.9 Å². The van der Waals surface area contributed by atoms with Crippen LogP contribution >= 0.6 is 0 Å². The standard InChI is InChI=1S/C16H20N2O/c1-4-13-5-7-14(8-6-13)19-15-9-10-16(18-11-15)12(2)17-3/h5-12,17H,4H2,1-3H3. The van der Waals surface area contributed by atoms with E-state index in [9.17, 15) is 0 Å². The van der Waals surface area contributed by atoms with Gasteiger partial charge in [0.25, 0.3) is 0 Å². The molecule has 0 radical (unpaired) electrons. The molecule has 0 aliphatic carbocycles. The number of hydrogen-bond acceptors (Lipinski definition) is 3. The fourth-order valence-corrected chi connectivity index (χ4v) is 1.79. The van der Waals surface area contributed by atoms with Gasteiger partial charge in [-0.2, -0.15) is 0 Å². The van der Waals surface area contributed by atoms with Crippen molar-refractivity contribution in [1.29, 1.82) is 0 Å². The van der Waals surface area contributed by atoms with E-state index in [1.807, 2.05) is 31.3 Å². The van der Waals surface area contributed by atoms with Crippen LogP contribution in [-0.2, 0) is 6.42 Å². The largest absolute Gasteiger partial charge is 0.456 e. The molecule has 1 atom stereocenters. The fourth-order valence-electron chi connectivity index (χ4n) is 1.79. The highest BCUT2D eigenvalue weighted by Crippen LogP contribution is 2.22. The zero-order valence-electron chi connectivity index (χ0n) is 11.7. The Morgan fingerprint density at radius 2 is 1.79 bits per heavy atom. The highest BCUT2D eigenvalue weighted by Gasteiger charge is 2.04. The molecule has 3 heteroatoms. The molecule has 1 aromatic carbocycles. The summed E-state index contributed by atoms with van der Waals surface area (Å²) >= 11 is 0. The van der Waals surface area contributed by atoms with Gasteiger partial charge in [-0.25, -0.2) is 0 Å². The zero-order chi connectivity index (χ0) is 13.7. The van der Waals surface area contributed by atoms with Crippen LogP contribution in [0, 0.1) is 0 Å². The van der Waals surface area contributed by atoms with Crippen molar-refractivity contribution >= 4 is 0 Å². The first-order valence-electron chi connectivity index (χ1n) is 6.63. The second-order valence-electron chi connectivity index (χ2n) is 4.53. The van der Waals surface area contributed by atoms with Gasteiger partial charge in [0.15, 0.2) is 0 Å². The van der Waals surface area contributed by atoms with Crippen molar-refractivity contribution < 1.29 is 4.74 Å². The molecule has 1 heterocycles. The van der Waals surface area contributed by atoms with Gasteiger partial charge in [0.2, 0.25) is 0 Å². The van der Waals surface area contributed by atoms with E-state index < -0.39 is 0 Å². The molecule has 0 spiro atoms. The number of nitrogens with zero attached hydrogens (tertiary/aromatic N) is 1. The molecule has 0 amide bonds. The molecule has 0 saturated heterocycles. The first kappa shape index (κ1) is 13.6. The summed E-state index contributed by atoms with van der Waals surface area (Å²) in [5, 5.41) is 3.16. The van der Waals surface area contributed by atoms with Crippen molar-refractivity contribution in [1.82, 2.24) is 10.3 Å². The van der Waals surface area contributed by atoms with E-state index in [0.717, 1.165) is 23.6 Å². The van der Waals surface area contributed by atoms with Crippen LogP contribution in [0.15, 0.2) is 42.6 Å². The summed E-state index contributed by atoms with van der Waals surface area (Å²) in [6, 6.07) is 12.3. The normalized spacial score (nSPS) is 12.2. The summed E-state index contributed by atoms with van der Waals surface area (Å²) in [4.78, 5) is 4.39. The van der Waals surface area contributed by atoms with Crippen LogP contribution in [0.4, 0.5) is 0 Å². The van der Waals surface area contributed by atoms with E-state index >= 15 is 0 Å². The quantitative estimate of drug-likeness (QED) is 0.885. The average Bonchev–Trinajstić information content (AvgIpc) is 2.48. The Morgan fingerprint density at radius 3 is 2.32 bits per heavy atom. The van der Waals surface area contributed by atoms with Crippen LogP contribution in [0.5, 0.6) is 11.5 Å². The average molecular weight is 256 g/mol. The number of ether oxygens (including phenoxy) is 1. The van der Waals surface area contributed by atoms with Gasteiger partial charge in [-0.05, 0) is 50.2 Å². The van der Waals surface area contributed by atoms with E-state index in [4.69, 9.17) is 4.74 Å². The minimum absolute atomic E-state index is 0.248. The highest BCUT2D eigenvalue weighted by molar-refractivity contribution is 5.32. The molecule has 2 aromatic rings. The second kappa shape index (κ2) is 6.34. The highest BCUT2D eigenvalue weighted by atomic mass is 16.5. The van der Waals surface area contributed by atoms with Crippen LogP contribution in [0.2, 0.25) is 0 Å². The Labute approximate surface area is 114 Å². The Bertz CT molecular complexity index is 505. The van der Waals surface area contributed by atoms with E-state index in [2.05, 4.69) is 36.3 Å². The predicted molar refractivity (Wildman–Crippen MR) is 77.6 cm³/mol. The van der Waals surface area contributed by atoms with Crippen molar-refractivity contribution in [2.24, 2.45) is 0 Å².